The number of methoxy groups -OCH3 is 1. The summed E-state index contributed by atoms with van der Waals surface area (Å²) in [6.45, 7) is 3.67. The summed E-state index contributed by atoms with van der Waals surface area (Å²) in [4.78, 5) is 11.9. The van der Waals surface area contributed by atoms with Crippen LogP contribution >= 0.6 is 0 Å². The number of carbonyl (C=O) groups excluding carboxylic acids is 1. The molecule has 0 fully saturated rings. The normalized spacial score (nSPS) is 10.9. The van der Waals surface area contributed by atoms with Crippen LogP contribution < -0.4 is 14.8 Å². The first-order valence-corrected chi connectivity index (χ1v) is 8.35. The number of aryl methyl sites for hydroxylation is 2. The zero-order valence-electron chi connectivity index (χ0n) is 13.1. The molecule has 0 unspecified atom stereocenters. The minimum Gasteiger partial charge on any atom is -0.496 e. The fourth-order valence-electron chi connectivity index (χ4n) is 2.01. The molecule has 0 spiro atoms. The van der Waals surface area contributed by atoms with Crippen molar-refractivity contribution in [1.82, 2.24) is 4.72 Å². The standard InChI is InChI=1S/C16H18N2O4S/c1-11-4-7-14(8-5-11)23(20,21)18-16(19)17-13-6-9-15(22-3)12(2)10-13/h4-10H,1-3H3,(H2,17,18,19). The van der Waals surface area contributed by atoms with Crippen molar-refractivity contribution in [1.29, 1.82) is 0 Å². The smallest absolute Gasteiger partial charge is 0.333 e. The van der Waals surface area contributed by atoms with E-state index in [4.69, 9.17) is 4.74 Å². The van der Waals surface area contributed by atoms with Crippen LogP contribution in [0.25, 0.3) is 0 Å². The highest BCUT2D eigenvalue weighted by molar-refractivity contribution is 7.90. The van der Waals surface area contributed by atoms with Crippen molar-refractivity contribution in [2.24, 2.45) is 0 Å². The van der Waals surface area contributed by atoms with E-state index in [0.717, 1.165) is 11.1 Å². The van der Waals surface area contributed by atoms with Crippen molar-refractivity contribution in [3.05, 3.63) is 53.6 Å². The average Bonchev–Trinajstić information content (AvgIpc) is 2.47. The molecule has 0 aliphatic carbocycles. The van der Waals surface area contributed by atoms with Gasteiger partial charge in [0.2, 0.25) is 0 Å². The summed E-state index contributed by atoms with van der Waals surface area (Å²) in [7, 11) is -2.35. The van der Waals surface area contributed by atoms with Crippen LogP contribution in [-0.4, -0.2) is 21.6 Å². The molecule has 7 heteroatoms. The van der Waals surface area contributed by atoms with Gasteiger partial charge in [-0.1, -0.05) is 17.7 Å². The SMILES string of the molecule is COc1ccc(NC(=O)NS(=O)(=O)c2ccc(C)cc2)cc1C. The molecule has 23 heavy (non-hydrogen) atoms. The number of amides is 2. The van der Waals surface area contributed by atoms with E-state index in [-0.39, 0.29) is 4.90 Å². The Bertz CT molecular complexity index is 814. The molecular weight excluding hydrogens is 316 g/mol. The maximum Gasteiger partial charge on any atom is 0.333 e. The Morgan fingerprint density at radius 1 is 1.04 bits per heavy atom. The highest BCUT2D eigenvalue weighted by atomic mass is 32.2. The van der Waals surface area contributed by atoms with Gasteiger partial charge in [0.05, 0.1) is 12.0 Å². The Morgan fingerprint density at radius 2 is 1.70 bits per heavy atom. The van der Waals surface area contributed by atoms with Crippen LogP contribution in [0.3, 0.4) is 0 Å². The van der Waals surface area contributed by atoms with E-state index in [0.29, 0.717) is 11.4 Å². The van der Waals surface area contributed by atoms with Gasteiger partial charge in [-0.2, -0.15) is 0 Å². The van der Waals surface area contributed by atoms with Crippen LogP contribution in [0.1, 0.15) is 11.1 Å². The quantitative estimate of drug-likeness (QED) is 0.900. The van der Waals surface area contributed by atoms with Gasteiger partial charge in [0.15, 0.2) is 0 Å². The molecule has 0 saturated heterocycles. The Hall–Kier alpha value is -2.54. The topological polar surface area (TPSA) is 84.5 Å². The van der Waals surface area contributed by atoms with Crippen LogP contribution in [0, 0.1) is 13.8 Å². The monoisotopic (exact) mass is 334 g/mol. The Balaban J connectivity index is 2.09. The first-order chi connectivity index (χ1) is 10.8. The minimum absolute atomic E-state index is 0.0316. The van der Waals surface area contributed by atoms with Crippen LogP contribution in [-0.2, 0) is 10.0 Å². The Morgan fingerprint density at radius 3 is 2.26 bits per heavy atom. The maximum atomic E-state index is 12.1. The molecule has 0 bridgehead atoms. The largest absolute Gasteiger partial charge is 0.496 e. The number of urea groups is 1. The number of sulfonamides is 1. The molecule has 6 nitrogen and oxygen atoms in total. The molecule has 0 aliphatic heterocycles. The van der Waals surface area contributed by atoms with E-state index >= 15 is 0 Å². The van der Waals surface area contributed by atoms with Gasteiger partial charge in [-0.15, -0.1) is 0 Å². The van der Waals surface area contributed by atoms with Crippen molar-refractivity contribution in [2.75, 3.05) is 12.4 Å². The second kappa shape index (κ2) is 6.70. The van der Waals surface area contributed by atoms with Gasteiger partial charge in [0.1, 0.15) is 5.75 Å². The number of anilines is 1. The van der Waals surface area contributed by atoms with Gasteiger partial charge in [-0.3, -0.25) is 0 Å². The molecular formula is C16H18N2O4S. The van der Waals surface area contributed by atoms with Crippen LogP contribution in [0.5, 0.6) is 5.75 Å². The lowest BCUT2D eigenvalue weighted by molar-refractivity contribution is 0.256. The Kier molecular flexibility index (Phi) is 4.90. The lowest BCUT2D eigenvalue weighted by Crippen LogP contribution is -2.34. The molecule has 2 aromatic rings. The molecule has 0 saturated carbocycles. The summed E-state index contributed by atoms with van der Waals surface area (Å²) in [5.41, 5.74) is 2.23. The third kappa shape index (κ3) is 4.23. The molecule has 2 N–H and O–H groups in total. The number of nitrogens with one attached hydrogen (secondary N) is 2. The van der Waals surface area contributed by atoms with E-state index < -0.39 is 16.1 Å². The molecule has 0 atom stereocenters. The van der Waals surface area contributed by atoms with Crippen LogP contribution in [0.15, 0.2) is 47.4 Å². The van der Waals surface area contributed by atoms with Gasteiger partial charge < -0.3 is 10.1 Å². The Labute approximate surface area is 135 Å². The fraction of sp³-hybridized carbons (Fsp3) is 0.188. The molecule has 2 rings (SSSR count). The van der Waals surface area contributed by atoms with E-state index in [1.54, 1.807) is 37.4 Å². The molecule has 0 aliphatic rings. The summed E-state index contributed by atoms with van der Waals surface area (Å²) in [5.74, 6) is 0.684. The fourth-order valence-corrected chi connectivity index (χ4v) is 2.92. The first kappa shape index (κ1) is 16.8. The number of benzene rings is 2. The summed E-state index contributed by atoms with van der Waals surface area (Å²) >= 11 is 0. The third-order valence-electron chi connectivity index (χ3n) is 3.21. The van der Waals surface area contributed by atoms with Gasteiger partial charge in [-0.25, -0.2) is 17.9 Å². The molecule has 0 radical (unpaired) electrons. The number of hydrogen-bond acceptors (Lipinski definition) is 4. The lowest BCUT2D eigenvalue weighted by Gasteiger charge is -2.10. The zero-order valence-corrected chi connectivity index (χ0v) is 13.9. The summed E-state index contributed by atoms with van der Waals surface area (Å²) in [5, 5.41) is 2.49. The predicted molar refractivity (Wildman–Crippen MR) is 88.3 cm³/mol. The van der Waals surface area contributed by atoms with Crippen molar-refractivity contribution >= 4 is 21.7 Å². The number of hydrogen-bond donors (Lipinski definition) is 2. The van der Waals surface area contributed by atoms with Crippen LogP contribution in [0.4, 0.5) is 10.5 Å². The summed E-state index contributed by atoms with van der Waals surface area (Å²) < 4.78 is 31.3. The van der Waals surface area contributed by atoms with Gasteiger partial charge in [0.25, 0.3) is 10.0 Å². The first-order valence-electron chi connectivity index (χ1n) is 6.87. The third-order valence-corrected chi connectivity index (χ3v) is 4.56. The second-order valence-corrected chi connectivity index (χ2v) is 6.74. The lowest BCUT2D eigenvalue weighted by atomic mass is 10.2. The van der Waals surface area contributed by atoms with Crippen LogP contribution in [0.2, 0.25) is 0 Å². The molecule has 0 heterocycles. The second-order valence-electron chi connectivity index (χ2n) is 5.06. The van der Waals surface area contributed by atoms with E-state index in [9.17, 15) is 13.2 Å². The van der Waals surface area contributed by atoms with Gasteiger partial charge in [-0.05, 0) is 49.7 Å². The van der Waals surface area contributed by atoms with E-state index in [1.165, 1.54) is 12.1 Å². The van der Waals surface area contributed by atoms with Crippen molar-refractivity contribution < 1.29 is 17.9 Å². The summed E-state index contributed by atoms with van der Waals surface area (Å²) in [6, 6.07) is 10.4. The highest BCUT2D eigenvalue weighted by Gasteiger charge is 2.17. The maximum absolute atomic E-state index is 12.1. The molecule has 122 valence electrons. The highest BCUT2D eigenvalue weighted by Crippen LogP contribution is 2.21. The summed E-state index contributed by atoms with van der Waals surface area (Å²) in [6.07, 6.45) is 0. The predicted octanol–water partition coefficient (Wildman–Crippen LogP) is 2.82. The van der Waals surface area contributed by atoms with E-state index in [2.05, 4.69) is 5.32 Å². The zero-order chi connectivity index (χ0) is 17.0. The average molecular weight is 334 g/mol. The molecule has 2 amide bonds. The molecule has 0 aromatic heterocycles. The number of carbonyl (C=O) groups is 1. The van der Waals surface area contributed by atoms with Crippen molar-refractivity contribution in [3.63, 3.8) is 0 Å². The number of ether oxygens (including phenoxy) is 1. The minimum atomic E-state index is -3.91. The number of rotatable bonds is 4. The van der Waals surface area contributed by atoms with Gasteiger partial charge in [0, 0.05) is 5.69 Å². The molecule has 2 aromatic carbocycles. The van der Waals surface area contributed by atoms with Crippen molar-refractivity contribution in [2.45, 2.75) is 18.7 Å². The van der Waals surface area contributed by atoms with Gasteiger partial charge >= 0.3 is 6.03 Å². The van der Waals surface area contributed by atoms with Crippen molar-refractivity contribution in [3.8, 4) is 5.75 Å². The van der Waals surface area contributed by atoms with E-state index in [1.807, 2.05) is 18.6 Å².